The molecule has 3 heterocycles. The molecular formula is C30H37N3O2. The third-order valence-electron chi connectivity index (χ3n) is 7.60. The molecule has 0 radical (unpaired) electrons. The van der Waals surface area contributed by atoms with Crippen LogP contribution in [0.5, 0.6) is 0 Å². The van der Waals surface area contributed by atoms with E-state index in [-0.39, 0.29) is 11.6 Å². The van der Waals surface area contributed by atoms with Gasteiger partial charge in [0.2, 0.25) is 0 Å². The number of carbonyl (C=O) groups excluding carboxylic acids is 2. The molecule has 0 aromatic carbocycles. The number of pyridine rings is 2. The van der Waals surface area contributed by atoms with Crippen molar-refractivity contribution in [2.75, 3.05) is 13.1 Å². The highest BCUT2D eigenvalue weighted by molar-refractivity contribution is 6.06. The van der Waals surface area contributed by atoms with E-state index in [1.54, 1.807) is 0 Å². The zero-order valence-electron chi connectivity index (χ0n) is 22.2. The molecule has 3 aliphatic rings. The van der Waals surface area contributed by atoms with Crippen molar-refractivity contribution in [3.63, 3.8) is 0 Å². The second-order valence-corrected chi connectivity index (χ2v) is 10.6. The van der Waals surface area contributed by atoms with Gasteiger partial charge in [0.05, 0.1) is 17.1 Å². The number of likely N-dealkylation sites (tertiary alicyclic amines) is 1. The molecule has 0 N–H and O–H groups in total. The number of hydrogen-bond donors (Lipinski definition) is 0. The molecule has 0 atom stereocenters. The zero-order chi connectivity index (χ0) is 25.4. The number of hydrogen-bond acceptors (Lipinski definition) is 5. The highest BCUT2D eigenvalue weighted by Crippen LogP contribution is 2.32. The standard InChI is InChI=1S/C15H18N2O.C15H19NO/c1-10(2)12-6-11-7-15(18)14(17-4-3-5-17)8-13(11)16-9-12;1-8(2)13-7-16-15-10(4)9(3)14(17)6-12(15)11(13)5/h6,8-10H,3-5,7H2,1-2H3;7-8H,6H2,1-5H3. The van der Waals surface area contributed by atoms with Gasteiger partial charge in [0.1, 0.15) is 0 Å². The second-order valence-electron chi connectivity index (χ2n) is 10.6. The fraction of sp³-hybridized carbons (Fsp3) is 0.467. The Labute approximate surface area is 209 Å². The van der Waals surface area contributed by atoms with Gasteiger partial charge in [-0.05, 0) is 84.1 Å². The molecule has 0 saturated carbocycles. The maximum atomic E-state index is 12.1. The Hall–Kier alpha value is -3.08. The van der Waals surface area contributed by atoms with E-state index >= 15 is 0 Å². The highest BCUT2D eigenvalue weighted by Gasteiger charge is 2.27. The summed E-state index contributed by atoms with van der Waals surface area (Å²) in [5.41, 5.74) is 10.7. The maximum Gasteiger partial charge on any atom is 0.183 e. The first kappa shape index (κ1) is 25.0. The molecule has 5 nitrogen and oxygen atoms in total. The summed E-state index contributed by atoms with van der Waals surface area (Å²) in [6.45, 7) is 16.6. The van der Waals surface area contributed by atoms with Crippen molar-refractivity contribution >= 4 is 23.2 Å². The SMILES string of the molecule is CC(C)c1cnc2c(c1)CC(=O)C(N1CCC1)=C2.CC1=C(C)c2ncc(C(C)C)c(C)c2CC1=O. The average molecular weight is 472 g/mol. The summed E-state index contributed by atoms with van der Waals surface area (Å²) in [5.74, 6) is 1.39. The lowest BCUT2D eigenvalue weighted by Gasteiger charge is -2.35. The molecule has 2 aliphatic carbocycles. The van der Waals surface area contributed by atoms with Crippen LogP contribution in [-0.2, 0) is 22.4 Å². The molecule has 184 valence electrons. The number of nitrogens with zero attached hydrogens (tertiary/aromatic N) is 3. The minimum atomic E-state index is 0.237. The quantitative estimate of drug-likeness (QED) is 0.565. The number of fused-ring (bicyclic) bond motifs is 2. The maximum absolute atomic E-state index is 12.1. The third-order valence-corrected chi connectivity index (χ3v) is 7.60. The summed E-state index contributed by atoms with van der Waals surface area (Å²) >= 11 is 0. The molecule has 35 heavy (non-hydrogen) atoms. The molecule has 2 aromatic heterocycles. The Balaban J connectivity index is 0.000000165. The summed E-state index contributed by atoms with van der Waals surface area (Å²) in [6.07, 6.45) is 8.07. The molecule has 5 rings (SSSR count). The van der Waals surface area contributed by atoms with E-state index in [9.17, 15) is 9.59 Å². The molecule has 0 spiro atoms. The molecule has 1 fully saturated rings. The Bertz CT molecular complexity index is 1250. The van der Waals surface area contributed by atoms with Crippen LogP contribution >= 0.6 is 0 Å². The smallest absolute Gasteiger partial charge is 0.183 e. The van der Waals surface area contributed by atoms with Gasteiger partial charge in [-0.3, -0.25) is 19.6 Å². The van der Waals surface area contributed by atoms with Crippen LogP contribution in [0, 0.1) is 6.92 Å². The van der Waals surface area contributed by atoms with E-state index in [1.165, 1.54) is 23.1 Å². The zero-order valence-corrected chi connectivity index (χ0v) is 22.2. The molecule has 1 aliphatic heterocycles. The Morgan fingerprint density at radius 1 is 0.857 bits per heavy atom. The monoisotopic (exact) mass is 471 g/mol. The third kappa shape index (κ3) is 4.86. The summed E-state index contributed by atoms with van der Waals surface area (Å²) in [5, 5.41) is 0. The Kier molecular flexibility index (Phi) is 7.07. The van der Waals surface area contributed by atoms with E-state index in [1.807, 2.05) is 32.3 Å². The molecule has 0 bridgehead atoms. The molecule has 5 heteroatoms. The minimum Gasteiger partial charge on any atom is -0.368 e. The minimum absolute atomic E-state index is 0.237. The first-order valence-electron chi connectivity index (χ1n) is 12.8. The molecule has 0 amide bonds. The number of ketones is 2. The van der Waals surface area contributed by atoms with Gasteiger partial charge in [-0.25, -0.2) is 0 Å². The largest absolute Gasteiger partial charge is 0.368 e. The first-order chi connectivity index (χ1) is 16.6. The van der Waals surface area contributed by atoms with Crippen molar-refractivity contribution in [3.05, 3.63) is 68.9 Å². The number of aromatic nitrogens is 2. The van der Waals surface area contributed by atoms with Crippen molar-refractivity contribution < 1.29 is 9.59 Å². The van der Waals surface area contributed by atoms with Crippen LogP contribution in [0.3, 0.4) is 0 Å². The van der Waals surface area contributed by atoms with Crippen LogP contribution in [0.1, 0.15) is 99.0 Å². The van der Waals surface area contributed by atoms with E-state index in [0.717, 1.165) is 52.4 Å². The van der Waals surface area contributed by atoms with Gasteiger partial charge in [0, 0.05) is 38.3 Å². The second kappa shape index (κ2) is 9.88. The van der Waals surface area contributed by atoms with Crippen LogP contribution in [0.15, 0.2) is 29.7 Å². The molecule has 1 saturated heterocycles. The topological polar surface area (TPSA) is 63.2 Å². The van der Waals surface area contributed by atoms with Gasteiger partial charge in [0.15, 0.2) is 11.6 Å². The predicted molar refractivity (Wildman–Crippen MR) is 141 cm³/mol. The highest BCUT2D eigenvalue weighted by atomic mass is 16.1. The normalized spacial score (nSPS) is 17.1. The Morgan fingerprint density at radius 3 is 2.17 bits per heavy atom. The van der Waals surface area contributed by atoms with Gasteiger partial charge < -0.3 is 4.90 Å². The summed E-state index contributed by atoms with van der Waals surface area (Å²) in [7, 11) is 0. The van der Waals surface area contributed by atoms with E-state index in [2.05, 4.69) is 55.6 Å². The lowest BCUT2D eigenvalue weighted by Crippen LogP contribution is -2.40. The summed E-state index contributed by atoms with van der Waals surface area (Å²) in [6, 6.07) is 2.13. The number of rotatable bonds is 3. The van der Waals surface area contributed by atoms with Gasteiger partial charge in [-0.15, -0.1) is 0 Å². The van der Waals surface area contributed by atoms with Crippen LogP contribution < -0.4 is 0 Å². The summed E-state index contributed by atoms with van der Waals surface area (Å²) < 4.78 is 0. The van der Waals surface area contributed by atoms with Gasteiger partial charge in [-0.1, -0.05) is 33.8 Å². The van der Waals surface area contributed by atoms with Gasteiger partial charge >= 0.3 is 0 Å². The lowest BCUT2D eigenvalue weighted by atomic mass is 9.84. The number of allylic oxidation sites excluding steroid dienone is 3. The van der Waals surface area contributed by atoms with E-state index < -0.39 is 0 Å². The van der Waals surface area contributed by atoms with E-state index in [4.69, 9.17) is 0 Å². The van der Waals surface area contributed by atoms with Crippen molar-refractivity contribution in [2.24, 2.45) is 0 Å². The fourth-order valence-corrected chi connectivity index (χ4v) is 4.89. The predicted octanol–water partition coefficient (Wildman–Crippen LogP) is 5.81. The van der Waals surface area contributed by atoms with Crippen molar-refractivity contribution in [3.8, 4) is 0 Å². The van der Waals surface area contributed by atoms with Gasteiger partial charge in [-0.2, -0.15) is 0 Å². The van der Waals surface area contributed by atoms with Crippen molar-refractivity contribution in [2.45, 2.75) is 79.6 Å². The van der Waals surface area contributed by atoms with Crippen LogP contribution in [-0.4, -0.2) is 39.5 Å². The van der Waals surface area contributed by atoms with E-state index in [0.29, 0.717) is 24.7 Å². The molecule has 0 unspecified atom stereocenters. The first-order valence-corrected chi connectivity index (χ1v) is 12.8. The van der Waals surface area contributed by atoms with Crippen LogP contribution in [0.25, 0.3) is 11.6 Å². The number of carbonyl (C=O) groups is 2. The Morgan fingerprint density at radius 2 is 1.57 bits per heavy atom. The van der Waals surface area contributed by atoms with Crippen molar-refractivity contribution in [1.82, 2.24) is 14.9 Å². The fourth-order valence-electron chi connectivity index (χ4n) is 4.89. The lowest BCUT2D eigenvalue weighted by molar-refractivity contribution is -0.117. The van der Waals surface area contributed by atoms with Gasteiger partial charge in [0.25, 0.3) is 0 Å². The van der Waals surface area contributed by atoms with Crippen molar-refractivity contribution in [1.29, 1.82) is 0 Å². The molecular weight excluding hydrogens is 434 g/mol. The summed E-state index contributed by atoms with van der Waals surface area (Å²) in [4.78, 5) is 35.3. The van der Waals surface area contributed by atoms with Crippen LogP contribution in [0.2, 0.25) is 0 Å². The molecule has 2 aromatic rings. The number of Topliss-reactive ketones (excluding diaryl/α,β-unsaturated/α-hetero) is 2. The van der Waals surface area contributed by atoms with Crippen LogP contribution in [0.4, 0.5) is 0 Å². The average Bonchev–Trinajstić information content (AvgIpc) is 2.77.